The molecule has 2 aromatic rings. The molecule has 4 heteroatoms. The van der Waals surface area contributed by atoms with Crippen LogP contribution < -0.4 is 10.2 Å². The average molecular weight is 361 g/mol. The normalized spacial score (nSPS) is 11.1. The molecule has 0 unspecified atom stereocenters. The molecule has 2 rings (SSSR count). The Morgan fingerprint density at radius 1 is 1.09 bits per heavy atom. The number of rotatable bonds is 4. The largest absolute Gasteiger partial charge is 0.329 e. The van der Waals surface area contributed by atoms with E-state index in [0.29, 0.717) is 6.54 Å². The van der Waals surface area contributed by atoms with Gasteiger partial charge in [0.2, 0.25) is 0 Å². The Balaban J connectivity index is 2.17. The lowest BCUT2D eigenvalue weighted by molar-refractivity contribution is 0.236. The predicted octanol–water partition coefficient (Wildman–Crippen LogP) is 4.92. The number of urea groups is 1. The van der Waals surface area contributed by atoms with Crippen molar-refractivity contribution in [2.75, 3.05) is 11.4 Å². The molecule has 116 valence electrons. The summed E-state index contributed by atoms with van der Waals surface area (Å²) in [6.45, 7) is 6.60. The summed E-state index contributed by atoms with van der Waals surface area (Å²) in [5.74, 6) is 0. The van der Waals surface area contributed by atoms with Crippen molar-refractivity contribution in [3.63, 3.8) is 0 Å². The molecule has 0 aliphatic heterocycles. The Morgan fingerprint density at radius 3 is 2.23 bits per heavy atom. The lowest BCUT2D eigenvalue weighted by atomic mass is 9.94. The van der Waals surface area contributed by atoms with Crippen LogP contribution in [0.3, 0.4) is 0 Å². The molecule has 0 saturated heterocycles. The number of carbonyl (C=O) groups excluding carboxylic acids is 1. The summed E-state index contributed by atoms with van der Waals surface area (Å²) in [6, 6.07) is 17.6. The number of hydrogen-bond donors (Lipinski definition) is 1. The first-order chi connectivity index (χ1) is 10.4. The van der Waals surface area contributed by atoms with E-state index < -0.39 is 5.54 Å². The minimum Gasteiger partial charge on any atom is -0.329 e. The Bertz CT molecular complexity index is 623. The Kier molecular flexibility index (Phi) is 5.24. The monoisotopic (exact) mass is 360 g/mol. The Labute approximate surface area is 140 Å². The van der Waals surface area contributed by atoms with Gasteiger partial charge in [-0.15, -0.1) is 0 Å². The molecule has 0 bridgehead atoms. The van der Waals surface area contributed by atoms with Crippen molar-refractivity contribution in [3.05, 3.63) is 64.6 Å². The number of para-hydroxylation sites is 1. The molecule has 0 fully saturated rings. The second-order valence-corrected chi connectivity index (χ2v) is 6.56. The van der Waals surface area contributed by atoms with Gasteiger partial charge >= 0.3 is 6.03 Å². The Hall–Kier alpha value is -1.81. The third kappa shape index (κ3) is 3.89. The van der Waals surface area contributed by atoms with Crippen LogP contribution in [-0.2, 0) is 5.54 Å². The van der Waals surface area contributed by atoms with Crippen LogP contribution >= 0.6 is 15.9 Å². The smallest absolute Gasteiger partial charge is 0.322 e. The number of amides is 2. The number of benzene rings is 2. The molecule has 0 saturated carbocycles. The molecular formula is C18H21BrN2O. The van der Waals surface area contributed by atoms with Crippen molar-refractivity contribution in [3.8, 4) is 0 Å². The first-order valence-corrected chi connectivity index (χ1v) is 8.14. The highest BCUT2D eigenvalue weighted by Crippen LogP contribution is 2.23. The van der Waals surface area contributed by atoms with Crippen LogP contribution in [0, 0.1) is 0 Å². The van der Waals surface area contributed by atoms with Crippen LogP contribution in [0.4, 0.5) is 10.5 Å². The third-order valence-corrected chi connectivity index (χ3v) is 4.14. The van der Waals surface area contributed by atoms with Crippen LogP contribution in [0.25, 0.3) is 0 Å². The molecule has 2 amide bonds. The number of hydrogen-bond acceptors (Lipinski definition) is 1. The number of halogens is 1. The maximum atomic E-state index is 12.6. The lowest BCUT2D eigenvalue weighted by Crippen LogP contribution is -2.48. The van der Waals surface area contributed by atoms with E-state index in [-0.39, 0.29) is 6.03 Å². The van der Waals surface area contributed by atoms with E-state index in [1.165, 1.54) is 0 Å². The van der Waals surface area contributed by atoms with E-state index in [1.807, 2.05) is 75.4 Å². The zero-order valence-electron chi connectivity index (χ0n) is 13.1. The van der Waals surface area contributed by atoms with Crippen LogP contribution in [0.5, 0.6) is 0 Å². The van der Waals surface area contributed by atoms with Gasteiger partial charge in [0.25, 0.3) is 0 Å². The number of nitrogens with one attached hydrogen (secondary N) is 1. The fraction of sp³-hybridized carbons (Fsp3) is 0.278. The Morgan fingerprint density at radius 2 is 1.68 bits per heavy atom. The van der Waals surface area contributed by atoms with Gasteiger partial charge in [0.15, 0.2) is 0 Å². The van der Waals surface area contributed by atoms with Gasteiger partial charge in [0.05, 0.1) is 5.54 Å². The van der Waals surface area contributed by atoms with Gasteiger partial charge in [0.1, 0.15) is 0 Å². The SMILES string of the molecule is CCN(C(=O)NC(C)(C)c1ccc(Br)cc1)c1ccccc1. The van der Waals surface area contributed by atoms with Crippen LogP contribution in [0.2, 0.25) is 0 Å². The van der Waals surface area contributed by atoms with Crippen molar-refractivity contribution in [2.45, 2.75) is 26.3 Å². The van der Waals surface area contributed by atoms with Gasteiger partial charge in [-0.25, -0.2) is 4.79 Å². The molecule has 0 aliphatic rings. The van der Waals surface area contributed by atoms with Gasteiger partial charge in [-0.2, -0.15) is 0 Å². The minimum atomic E-state index is -0.444. The highest BCUT2D eigenvalue weighted by Gasteiger charge is 2.25. The second kappa shape index (κ2) is 6.97. The quantitative estimate of drug-likeness (QED) is 0.824. The van der Waals surface area contributed by atoms with Crippen molar-refractivity contribution >= 4 is 27.6 Å². The summed E-state index contributed by atoms with van der Waals surface area (Å²) < 4.78 is 1.03. The molecule has 0 radical (unpaired) electrons. The summed E-state index contributed by atoms with van der Waals surface area (Å²) in [5.41, 5.74) is 1.52. The number of anilines is 1. The molecule has 0 aromatic heterocycles. The standard InChI is InChI=1S/C18H21BrN2O/c1-4-21(16-8-6-5-7-9-16)17(22)20-18(2,3)14-10-12-15(19)13-11-14/h5-13H,4H2,1-3H3,(H,20,22). The molecule has 2 aromatic carbocycles. The third-order valence-electron chi connectivity index (χ3n) is 3.61. The predicted molar refractivity (Wildman–Crippen MR) is 95.2 cm³/mol. The fourth-order valence-electron chi connectivity index (χ4n) is 2.32. The molecule has 3 nitrogen and oxygen atoms in total. The minimum absolute atomic E-state index is 0.0957. The lowest BCUT2D eigenvalue weighted by Gasteiger charge is -2.31. The van der Waals surface area contributed by atoms with E-state index in [0.717, 1.165) is 15.7 Å². The highest BCUT2D eigenvalue weighted by molar-refractivity contribution is 9.10. The van der Waals surface area contributed by atoms with E-state index >= 15 is 0 Å². The summed E-state index contributed by atoms with van der Waals surface area (Å²) in [7, 11) is 0. The van der Waals surface area contributed by atoms with Crippen molar-refractivity contribution in [2.24, 2.45) is 0 Å². The molecule has 22 heavy (non-hydrogen) atoms. The maximum absolute atomic E-state index is 12.6. The number of carbonyl (C=O) groups is 1. The molecule has 0 spiro atoms. The van der Waals surface area contributed by atoms with Crippen molar-refractivity contribution in [1.82, 2.24) is 5.32 Å². The summed E-state index contributed by atoms with van der Waals surface area (Å²) in [5, 5.41) is 3.11. The van der Waals surface area contributed by atoms with E-state index in [2.05, 4.69) is 21.2 Å². The van der Waals surface area contributed by atoms with Crippen LogP contribution in [0.1, 0.15) is 26.3 Å². The highest BCUT2D eigenvalue weighted by atomic mass is 79.9. The maximum Gasteiger partial charge on any atom is 0.322 e. The van der Waals surface area contributed by atoms with E-state index in [1.54, 1.807) is 4.90 Å². The zero-order chi connectivity index (χ0) is 16.2. The van der Waals surface area contributed by atoms with Crippen LogP contribution in [-0.4, -0.2) is 12.6 Å². The van der Waals surface area contributed by atoms with Gasteiger partial charge in [-0.05, 0) is 50.6 Å². The van der Waals surface area contributed by atoms with Crippen molar-refractivity contribution < 1.29 is 4.79 Å². The van der Waals surface area contributed by atoms with Gasteiger partial charge < -0.3 is 5.32 Å². The van der Waals surface area contributed by atoms with Gasteiger partial charge in [-0.1, -0.05) is 46.3 Å². The number of nitrogens with zero attached hydrogens (tertiary/aromatic N) is 1. The molecule has 0 heterocycles. The molecule has 1 N–H and O–H groups in total. The second-order valence-electron chi connectivity index (χ2n) is 5.64. The molecule has 0 atom stereocenters. The van der Waals surface area contributed by atoms with Crippen LogP contribution in [0.15, 0.2) is 59.1 Å². The summed E-state index contributed by atoms with van der Waals surface area (Å²) in [6.07, 6.45) is 0. The summed E-state index contributed by atoms with van der Waals surface area (Å²) in [4.78, 5) is 14.4. The first-order valence-electron chi connectivity index (χ1n) is 7.35. The molecular weight excluding hydrogens is 340 g/mol. The van der Waals surface area contributed by atoms with Crippen molar-refractivity contribution in [1.29, 1.82) is 0 Å². The average Bonchev–Trinajstić information content (AvgIpc) is 2.49. The van der Waals surface area contributed by atoms with Gasteiger partial charge in [-0.3, -0.25) is 4.90 Å². The fourth-order valence-corrected chi connectivity index (χ4v) is 2.59. The summed E-state index contributed by atoms with van der Waals surface area (Å²) >= 11 is 3.43. The first kappa shape index (κ1) is 16.6. The van der Waals surface area contributed by atoms with E-state index in [4.69, 9.17) is 0 Å². The zero-order valence-corrected chi connectivity index (χ0v) is 14.7. The van der Waals surface area contributed by atoms with Gasteiger partial charge in [0, 0.05) is 16.7 Å². The van der Waals surface area contributed by atoms with E-state index in [9.17, 15) is 4.79 Å². The molecule has 0 aliphatic carbocycles. The topological polar surface area (TPSA) is 32.3 Å².